The molecule has 17 heavy (non-hydrogen) atoms. The fraction of sp³-hybridized carbons (Fsp3) is 0.500. The fourth-order valence-electron chi connectivity index (χ4n) is 1.84. The number of nitrogens with one attached hydrogen (secondary N) is 2. The quantitative estimate of drug-likeness (QED) is 0.795. The molecule has 2 N–H and O–H groups in total. The van der Waals surface area contributed by atoms with Crippen LogP contribution in [0.1, 0.15) is 37.8 Å². The minimum absolute atomic E-state index is 0.422. The predicted octanol–water partition coefficient (Wildman–Crippen LogP) is 3.78. The van der Waals surface area contributed by atoms with E-state index < -0.39 is 0 Å². The molecule has 0 bridgehead atoms. The Morgan fingerprint density at radius 2 is 2.06 bits per heavy atom. The lowest BCUT2D eigenvalue weighted by Gasteiger charge is -2.17. The van der Waals surface area contributed by atoms with Crippen LogP contribution >= 0.6 is 12.2 Å². The van der Waals surface area contributed by atoms with Crippen LogP contribution in [0.25, 0.3) is 0 Å². The number of hydrogen-bond acceptors (Lipinski definition) is 1. The van der Waals surface area contributed by atoms with E-state index in [1.54, 1.807) is 0 Å². The predicted molar refractivity (Wildman–Crippen MR) is 79.6 cm³/mol. The van der Waals surface area contributed by atoms with Crippen molar-refractivity contribution in [3.8, 4) is 0 Å². The van der Waals surface area contributed by atoms with Crippen molar-refractivity contribution in [1.29, 1.82) is 0 Å². The molecule has 3 heteroatoms. The van der Waals surface area contributed by atoms with Gasteiger partial charge in [-0.2, -0.15) is 0 Å². The van der Waals surface area contributed by atoms with Crippen molar-refractivity contribution in [3.63, 3.8) is 0 Å². The van der Waals surface area contributed by atoms with E-state index in [2.05, 4.69) is 56.5 Å². The van der Waals surface area contributed by atoms with E-state index in [1.165, 1.54) is 17.5 Å². The van der Waals surface area contributed by atoms with E-state index in [1.807, 2.05) is 0 Å². The average Bonchev–Trinajstić information content (AvgIpc) is 2.22. The van der Waals surface area contributed by atoms with Crippen LogP contribution in [0.3, 0.4) is 0 Å². The first-order valence-electron chi connectivity index (χ1n) is 6.17. The summed E-state index contributed by atoms with van der Waals surface area (Å²) in [4.78, 5) is 0. The van der Waals surface area contributed by atoms with Gasteiger partial charge in [-0.3, -0.25) is 0 Å². The molecule has 0 amide bonds. The van der Waals surface area contributed by atoms with Gasteiger partial charge in [0.05, 0.1) is 0 Å². The van der Waals surface area contributed by atoms with Gasteiger partial charge in [-0.1, -0.05) is 31.0 Å². The maximum Gasteiger partial charge on any atom is 0.170 e. The van der Waals surface area contributed by atoms with Gasteiger partial charge in [0.2, 0.25) is 0 Å². The second-order valence-electron chi connectivity index (χ2n) is 4.61. The number of rotatable bonds is 4. The first kappa shape index (κ1) is 14.0. The van der Waals surface area contributed by atoms with Crippen molar-refractivity contribution in [2.24, 2.45) is 0 Å². The molecule has 0 heterocycles. The van der Waals surface area contributed by atoms with E-state index in [4.69, 9.17) is 12.2 Å². The fourth-order valence-corrected chi connectivity index (χ4v) is 2.15. The van der Waals surface area contributed by atoms with Crippen LogP contribution in [0.2, 0.25) is 0 Å². The number of benzene rings is 1. The largest absolute Gasteiger partial charge is 0.360 e. The molecule has 0 radical (unpaired) electrons. The summed E-state index contributed by atoms with van der Waals surface area (Å²) in [5.74, 6) is 0. The van der Waals surface area contributed by atoms with Crippen LogP contribution < -0.4 is 10.6 Å². The highest BCUT2D eigenvalue weighted by Crippen LogP contribution is 2.15. The Balaban J connectivity index is 2.56. The molecule has 1 atom stereocenters. The van der Waals surface area contributed by atoms with E-state index in [-0.39, 0.29) is 0 Å². The summed E-state index contributed by atoms with van der Waals surface area (Å²) >= 11 is 5.30. The molecule has 94 valence electrons. The van der Waals surface area contributed by atoms with Crippen molar-refractivity contribution >= 4 is 23.0 Å². The molecule has 0 fully saturated rings. The first-order chi connectivity index (χ1) is 8.02. The summed E-state index contributed by atoms with van der Waals surface area (Å²) in [7, 11) is 0. The van der Waals surface area contributed by atoms with Crippen molar-refractivity contribution in [2.75, 3.05) is 5.32 Å². The molecule has 0 aliphatic carbocycles. The summed E-state index contributed by atoms with van der Waals surface area (Å²) in [6.07, 6.45) is 2.30. The molecule has 1 rings (SSSR count). The third-order valence-corrected chi connectivity index (χ3v) is 2.95. The lowest BCUT2D eigenvalue weighted by molar-refractivity contribution is 0.599. The third kappa shape index (κ3) is 4.73. The van der Waals surface area contributed by atoms with Crippen LogP contribution in [0.15, 0.2) is 18.2 Å². The average molecular weight is 250 g/mol. The Morgan fingerprint density at radius 1 is 1.35 bits per heavy atom. The Morgan fingerprint density at radius 3 is 2.65 bits per heavy atom. The number of aryl methyl sites for hydroxylation is 2. The zero-order valence-corrected chi connectivity index (χ0v) is 11.9. The molecule has 0 aromatic heterocycles. The molecule has 0 aliphatic heterocycles. The molecule has 1 aromatic rings. The van der Waals surface area contributed by atoms with E-state index >= 15 is 0 Å². The molecular formula is C14H22N2S. The standard InChI is InChI=1S/C14H22N2S/c1-5-6-12(4)15-14(17)16-13-8-7-10(2)9-11(13)3/h7-9,12H,5-6H2,1-4H3,(H2,15,16,17). The smallest absolute Gasteiger partial charge is 0.170 e. The maximum absolute atomic E-state index is 5.30. The summed E-state index contributed by atoms with van der Waals surface area (Å²) in [6.45, 7) is 8.52. The zero-order chi connectivity index (χ0) is 12.8. The first-order valence-corrected chi connectivity index (χ1v) is 6.58. The number of anilines is 1. The van der Waals surface area contributed by atoms with Crippen molar-refractivity contribution in [1.82, 2.24) is 5.32 Å². The van der Waals surface area contributed by atoms with Gasteiger partial charge < -0.3 is 10.6 Å². The highest BCUT2D eigenvalue weighted by molar-refractivity contribution is 7.80. The summed E-state index contributed by atoms with van der Waals surface area (Å²) in [6, 6.07) is 6.74. The van der Waals surface area contributed by atoms with Crippen molar-refractivity contribution in [2.45, 2.75) is 46.6 Å². The van der Waals surface area contributed by atoms with Crippen LogP contribution in [0.4, 0.5) is 5.69 Å². The van der Waals surface area contributed by atoms with Crippen LogP contribution in [-0.2, 0) is 0 Å². The van der Waals surface area contributed by atoms with Gasteiger partial charge in [0.15, 0.2) is 5.11 Å². The van der Waals surface area contributed by atoms with Gasteiger partial charge in [-0.05, 0) is 51.0 Å². The highest BCUT2D eigenvalue weighted by atomic mass is 32.1. The van der Waals surface area contributed by atoms with E-state index in [0.717, 1.165) is 12.1 Å². The maximum atomic E-state index is 5.30. The van der Waals surface area contributed by atoms with Crippen molar-refractivity contribution in [3.05, 3.63) is 29.3 Å². The Bertz CT molecular complexity index is 388. The lowest BCUT2D eigenvalue weighted by Crippen LogP contribution is -2.35. The monoisotopic (exact) mass is 250 g/mol. The molecular weight excluding hydrogens is 228 g/mol. The molecule has 1 unspecified atom stereocenters. The Kier molecular flexibility index (Phi) is 5.42. The molecule has 2 nitrogen and oxygen atoms in total. The third-order valence-electron chi connectivity index (χ3n) is 2.73. The Labute approximate surface area is 110 Å². The van der Waals surface area contributed by atoms with Gasteiger partial charge in [-0.15, -0.1) is 0 Å². The summed E-state index contributed by atoms with van der Waals surface area (Å²) < 4.78 is 0. The van der Waals surface area contributed by atoms with Gasteiger partial charge in [0.25, 0.3) is 0 Å². The molecule has 0 spiro atoms. The summed E-state index contributed by atoms with van der Waals surface area (Å²) in [5, 5.41) is 7.24. The second kappa shape index (κ2) is 6.60. The number of hydrogen-bond donors (Lipinski definition) is 2. The van der Waals surface area contributed by atoms with E-state index in [9.17, 15) is 0 Å². The SMILES string of the molecule is CCCC(C)NC(=S)Nc1ccc(C)cc1C. The zero-order valence-electron chi connectivity index (χ0n) is 11.1. The Hall–Kier alpha value is -1.09. The number of thiocarbonyl (C=S) groups is 1. The summed E-state index contributed by atoms with van der Waals surface area (Å²) in [5.41, 5.74) is 3.57. The lowest BCUT2D eigenvalue weighted by atomic mass is 10.1. The van der Waals surface area contributed by atoms with Gasteiger partial charge >= 0.3 is 0 Å². The van der Waals surface area contributed by atoms with Crippen LogP contribution in [-0.4, -0.2) is 11.2 Å². The molecule has 0 aliphatic rings. The van der Waals surface area contributed by atoms with Gasteiger partial charge in [0, 0.05) is 11.7 Å². The highest BCUT2D eigenvalue weighted by Gasteiger charge is 2.04. The normalized spacial score (nSPS) is 12.0. The van der Waals surface area contributed by atoms with Crippen LogP contribution in [0, 0.1) is 13.8 Å². The minimum Gasteiger partial charge on any atom is -0.360 e. The topological polar surface area (TPSA) is 24.1 Å². The second-order valence-corrected chi connectivity index (χ2v) is 5.01. The van der Waals surface area contributed by atoms with Gasteiger partial charge in [-0.25, -0.2) is 0 Å². The van der Waals surface area contributed by atoms with Crippen LogP contribution in [0.5, 0.6) is 0 Å². The van der Waals surface area contributed by atoms with E-state index in [0.29, 0.717) is 11.2 Å². The van der Waals surface area contributed by atoms with Crippen molar-refractivity contribution < 1.29 is 0 Å². The minimum atomic E-state index is 0.422. The molecule has 0 saturated heterocycles. The van der Waals surface area contributed by atoms with Gasteiger partial charge in [0.1, 0.15) is 0 Å². The molecule has 0 saturated carbocycles. The molecule has 1 aromatic carbocycles.